The van der Waals surface area contributed by atoms with Gasteiger partial charge in [-0.15, -0.1) is 0 Å². The molecule has 1 atom stereocenters. The Labute approximate surface area is 171 Å². The highest BCUT2D eigenvalue weighted by Crippen LogP contribution is 2.25. The van der Waals surface area contributed by atoms with Crippen molar-refractivity contribution in [2.45, 2.75) is 63.5 Å². The van der Waals surface area contributed by atoms with E-state index in [1.807, 2.05) is 24.3 Å². The lowest BCUT2D eigenvalue weighted by molar-refractivity contribution is -0.141. The second-order valence-electron chi connectivity index (χ2n) is 7.73. The summed E-state index contributed by atoms with van der Waals surface area (Å²) in [6, 6.07) is 7.40. The molecule has 1 heterocycles. The molecule has 2 aliphatic rings. The van der Waals surface area contributed by atoms with E-state index in [-0.39, 0.29) is 24.2 Å². The number of carbonyl (C=O) groups is 3. The molecule has 1 saturated carbocycles. The zero-order valence-electron chi connectivity index (χ0n) is 17.0. The van der Waals surface area contributed by atoms with Crippen molar-refractivity contribution < 1.29 is 23.9 Å². The Morgan fingerprint density at radius 2 is 1.97 bits per heavy atom. The predicted octanol–water partition coefficient (Wildman–Crippen LogP) is 2.22. The summed E-state index contributed by atoms with van der Waals surface area (Å²) >= 11 is 0. The maximum Gasteiger partial charge on any atom is 0.307 e. The second-order valence-corrected chi connectivity index (χ2v) is 7.73. The number of nitrogens with one attached hydrogen (secondary N) is 1. The van der Waals surface area contributed by atoms with Crippen LogP contribution in [0.15, 0.2) is 24.3 Å². The lowest BCUT2D eigenvalue weighted by Gasteiger charge is -2.16. The van der Waals surface area contributed by atoms with Crippen molar-refractivity contribution in [3.8, 4) is 5.75 Å². The number of nitrogens with zero attached hydrogens (tertiary/aromatic N) is 1. The zero-order chi connectivity index (χ0) is 20.6. The smallest absolute Gasteiger partial charge is 0.307 e. The highest BCUT2D eigenvalue weighted by Gasteiger charge is 2.32. The predicted molar refractivity (Wildman–Crippen MR) is 107 cm³/mol. The SMILES string of the molecule is COC(=O)CCN1CC[C@H](NC(=O)CCc2cccc(OC3CCCC3)c2)C1=O. The topological polar surface area (TPSA) is 84.9 Å². The summed E-state index contributed by atoms with van der Waals surface area (Å²) in [6.45, 7) is 0.868. The third kappa shape index (κ3) is 6.21. The van der Waals surface area contributed by atoms with Gasteiger partial charge in [-0.1, -0.05) is 12.1 Å². The van der Waals surface area contributed by atoms with E-state index in [0.717, 1.165) is 24.2 Å². The highest BCUT2D eigenvalue weighted by molar-refractivity contribution is 5.89. The van der Waals surface area contributed by atoms with Crippen LogP contribution in [0.4, 0.5) is 0 Å². The van der Waals surface area contributed by atoms with Crippen LogP contribution in [0.2, 0.25) is 0 Å². The number of hydrogen-bond acceptors (Lipinski definition) is 5. The first-order chi connectivity index (χ1) is 14.0. The summed E-state index contributed by atoms with van der Waals surface area (Å²) in [4.78, 5) is 37.5. The van der Waals surface area contributed by atoms with E-state index in [1.165, 1.54) is 20.0 Å². The first-order valence-corrected chi connectivity index (χ1v) is 10.5. The number of carbonyl (C=O) groups excluding carboxylic acids is 3. The third-order valence-corrected chi connectivity index (χ3v) is 5.59. The standard InChI is InChI=1S/C22H30N2O5/c1-28-21(26)12-14-24-13-11-19(22(24)27)23-20(25)10-9-16-5-4-8-18(15-16)29-17-6-2-3-7-17/h4-5,8,15,17,19H,2-3,6-7,9-14H2,1H3,(H,23,25)/t19-/m0/s1. The highest BCUT2D eigenvalue weighted by atomic mass is 16.5. The van der Waals surface area contributed by atoms with Crippen molar-refractivity contribution >= 4 is 17.8 Å². The van der Waals surface area contributed by atoms with E-state index in [2.05, 4.69) is 10.1 Å². The quantitative estimate of drug-likeness (QED) is 0.640. The number of hydrogen-bond donors (Lipinski definition) is 1. The molecule has 7 nitrogen and oxygen atoms in total. The van der Waals surface area contributed by atoms with Gasteiger partial charge in [0.1, 0.15) is 11.8 Å². The molecule has 0 unspecified atom stereocenters. The Bertz CT molecular complexity index is 730. The molecule has 7 heteroatoms. The second kappa shape index (κ2) is 10.3. The number of ether oxygens (including phenoxy) is 2. The van der Waals surface area contributed by atoms with Gasteiger partial charge >= 0.3 is 5.97 Å². The number of esters is 1. The number of likely N-dealkylation sites (tertiary alicyclic amines) is 1. The van der Waals surface area contributed by atoms with Gasteiger partial charge in [0.2, 0.25) is 11.8 Å². The number of rotatable bonds is 9. The van der Waals surface area contributed by atoms with Crippen LogP contribution in [0, 0.1) is 0 Å². The Kier molecular flexibility index (Phi) is 7.49. The Hall–Kier alpha value is -2.57. The maximum atomic E-state index is 12.4. The Morgan fingerprint density at radius 3 is 2.72 bits per heavy atom. The van der Waals surface area contributed by atoms with Crippen LogP contribution in [-0.2, 0) is 25.5 Å². The van der Waals surface area contributed by atoms with E-state index in [9.17, 15) is 14.4 Å². The van der Waals surface area contributed by atoms with Crippen molar-refractivity contribution in [1.29, 1.82) is 0 Å². The van der Waals surface area contributed by atoms with E-state index in [0.29, 0.717) is 38.5 Å². The number of benzene rings is 1. The first kappa shape index (κ1) is 21.1. The molecule has 0 radical (unpaired) electrons. The molecular weight excluding hydrogens is 372 g/mol. The van der Waals surface area contributed by atoms with Crippen molar-refractivity contribution in [2.24, 2.45) is 0 Å². The van der Waals surface area contributed by atoms with Crippen LogP contribution in [0.1, 0.15) is 50.5 Å². The molecule has 1 N–H and O–H groups in total. The molecule has 1 aliphatic carbocycles. The molecule has 158 valence electrons. The molecule has 0 bridgehead atoms. The lowest BCUT2D eigenvalue weighted by Crippen LogP contribution is -2.42. The minimum atomic E-state index is -0.503. The normalized spacial score (nSPS) is 19.4. The summed E-state index contributed by atoms with van der Waals surface area (Å²) in [5.74, 6) is 0.251. The molecule has 2 amide bonds. The molecule has 0 spiro atoms. The van der Waals surface area contributed by atoms with E-state index >= 15 is 0 Å². The van der Waals surface area contributed by atoms with Gasteiger partial charge in [0, 0.05) is 19.5 Å². The Balaban J connectivity index is 1.42. The van der Waals surface area contributed by atoms with Gasteiger partial charge in [0.15, 0.2) is 0 Å². The largest absolute Gasteiger partial charge is 0.490 e. The molecule has 2 fully saturated rings. The van der Waals surface area contributed by atoms with Gasteiger partial charge in [-0.2, -0.15) is 0 Å². The minimum absolute atomic E-state index is 0.130. The molecular formula is C22H30N2O5. The van der Waals surface area contributed by atoms with E-state index in [1.54, 1.807) is 4.90 Å². The van der Waals surface area contributed by atoms with Crippen LogP contribution in [0.25, 0.3) is 0 Å². The zero-order valence-corrected chi connectivity index (χ0v) is 17.0. The average Bonchev–Trinajstić information content (AvgIpc) is 3.35. The van der Waals surface area contributed by atoms with Gasteiger partial charge in [-0.25, -0.2) is 0 Å². The van der Waals surface area contributed by atoms with E-state index < -0.39 is 6.04 Å². The molecule has 29 heavy (non-hydrogen) atoms. The van der Waals surface area contributed by atoms with Crippen molar-refractivity contribution in [1.82, 2.24) is 10.2 Å². The van der Waals surface area contributed by atoms with Crippen LogP contribution >= 0.6 is 0 Å². The lowest BCUT2D eigenvalue weighted by atomic mass is 10.1. The molecule has 1 aromatic rings. The fourth-order valence-electron chi connectivity index (χ4n) is 3.92. The van der Waals surface area contributed by atoms with Gasteiger partial charge in [-0.05, 0) is 56.2 Å². The molecule has 1 aliphatic heterocycles. The van der Waals surface area contributed by atoms with Crippen LogP contribution < -0.4 is 10.1 Å². The molecule has 1 aromatic carbocycles. The van der Waals surface area contributed by atoms with Crippen molar-refractivity contribution in [3.05, 3.63) is 29.8 Å². The Morgan fingerprint density at radius 1 is 1.17 bits per heavy atom. The van der Waals surface area contributed by atoms with Gasteiger partial charge < -0.3 is 19.7 Å². The first-order valence-electron chi connectivity index (χ1n) is 10.5. The summed E-state index contributed by atoms with van der Waals surface area (Å²) in [5.41, 5.74) is 1.05. The van der Waals surface area contributed by atoms with Gasteiger partial charge in [0.05, 0.1) is 19.6 Å². The average molecular weight is 402 g/mol. The molecule has 1 saturated heterocycles. The molecule has 3 rings (SSSR count). The maximum absolute atomic E-state index is 12.4. The van der Waals surface area contributed by atoms with Crippen LogP contribution in [-0.4, -0.2) is 55.0 Å². The summed E-state index contributed by atoms with van der Waals surface area (Å²) < 4.78 is 10.6. The summed E-state index contributed by atoms with van der Waals surface area (Å²) in [7, 11) is 1.33. The summed E-state index contributed by atoms with van der Waals surface area (Å²) in [6.07, 6.45) is 6.63. The third-order valence-electron chi connectivity index (χ3n) is 5.59. The monoisotopic (exact) mass is 402 g/mol. The number of aryl methyl sites for hydroxylation is 1. The summed E-state index contributed by atoms with van der Waals surface area (Å²) in [5, 5.41) is 2.83. The number of amides is 2. The van der Waals surface area contributed by atoms with Crippen LogP contribution in [0.5, 0.6) is 5.75 Å². The molecule has 0 aromatic heterocycles. The fraction of sp³-hybridized carbons (Fsp3) is 0.591. The number of methoxy groups -OCH3 is 1. The van der Waals surface area contributed by atoms with Crippen molar-refractivity contribution in [2.75, 3.05) is 20.2 Å². The minimum Gasteiger partial charge on any atom is -0.490 e. The fourth-order valence-corrected chi connectivity index (χ4v) is 3.92. The van der Waals surface area contributed by atoms with Gasteiger partial charge in [-0.3, -0.25) is 14.4 Å². The van der Waals surface area contributed by atoms with E-state index in [4.69, 9.17) is 4.74 Å². The van der Waals surface area contributed by atoms with Crippen molar-refractivity contribution in [3.63, 3.8) is 0 Å². The van der Waals surface area contributed by atoms with Gasteiger partial charge in [0.25, 0.3) is 0 Å². The van der Waals surface area contributed by atoms with Crippen LogP contribution in [0.3, 0.4) is 0 Å².